The van der Waals surface area contributed by atoms with Crippen molar-refractivity contribution >= 4 is 5.69 Å². The van der Waals surface area contributed by atoms with Crippen molar-refractivity contribution in [2.75, 3.05) is 0 Å². The number of hydrogen-bond donors (Lipinski definition) is 1. The van der Waals surface area contributed by atoms with E-state index in [0.29, 0.717) is 17.2 Å². The Labute approximate surface area is 108 Å². The summed E-state index contributed by atoms with van der Waals surface area (Å²) in [6.45, 7) is -0.218. The third-order valence-electron chi connectivity index (χ3n) is 3.16. The lowest BCUT2D eigenvalue weighted by Crippen LogP contribution is -2.04. The van der Waals surface area contributed by atoms with E-state index in [4.69, 9.17) is 0 Å². The van der Waals surface area contributed by atoms with Crippen LogP contribution in [0.4, 0.5) is 5.69 Å². The van der Waals surface area contributed by atoms with E-state index in [1.54, 1.807) is 18.2 Å². The van der Waals surface area contributed by atoms with Crippen LogP contribution >= 0.6 is 0 Å². The molecule has 3 rings (SSSR count). The number of nitro groups is 1. The van der Waals surface area contributed by atoms with Crippen LogP contribution in [0.15, 0.2) is 24.3 Å². The highest BCUT2D eigenvalue weighted by molar-refractivity contribution is 5.68. The van der Waals surface area contributed by atoms with Gasteiger partial charge >= 0.3 is 0 Å². The number of aromatic nitrogens is 3. The van der Waals surface area contributed by atoms with E-state index in [1.165, 1.54) is 6.07 Å². The molecule has 1 aromatic heterocycles. The average molecular weight is 260 g/mol. The van der Waals surface area contributed by atoms with Gasteiger partial charge in [-0.25, -0.2) is 0 Å². The van der Waals surface area contributed by atoms with E-state index < -0.39 is 4.92 Å². The minimum atomic E-state index is -0.431. The maximum absolute atomic E-state index is 11.1. The van der Waals surface area contributed by atoms with E-state index in [-0.39, 0.29) is 18.3 Å². The lowest BCUT2D eigenvalue weighted by Gasteiger charge is -2.07. The summed E-state index contributed by atoms with van der Waals surface area (Å²) < 4.78 is 1.81. The quantitative estimate of drug-likeness (QED) is 0.666. The van der Waals surface area contributed by atoms with Crippen LogP contribution in [0.25, 0.3) is 11.4 Å². The van der Waals surface area contributed by atoms with Gasteiger partial charge < -0.3 is 9.67 Å². The maximum atomic E-state index is 11.1. The molecule has 19 heavy (non-hydrogen) atoms. The molecule has 1 N–H and O–H groups in total. The summed E-state index contributed by atoms with van der Waals surface area (Å²) in [7, 11) is 0. The third-order valence-corrected chi connectivity index (χ3v) is 3.16. The van der Waals surface area contributed by atoms with Crippen LogP contribution in [-0.4, -0.2) is 24.8 Å². The van der Waals surface area contributed by atoms with Crippen LogP contribution in [-0.2, 0) is 6.61 Å². The smallest absolute Gasteiger partial charge is 0.280 e. The highest BCUT2D eigenvalue weighted by Gasteiger charge is 2.31. The zero-order valence-electron chi connectivity index (χ0n) is 10.1. The van der Waals surface area contributed by atoms with Crippen molar-refractivity contribution < 1.29 is 10.0 Å². The summed E-state index contributed by atoms with van der Waals surface area (Å²) in [5.41, 5.74) is 0.438. The largest absolute Gasteiger partial charge is 0.388 e. The van der Waals surface area contributed by atoms with Gasteiger partial charge in [-0.3, -0.25) is 10.1 Å². The molecule has 1 aliphatic rings. The van der Waals surface area contributed by atoms with E-state index in [1.807, 2.05) is 4.57 Å². The zero-order chi connectivity index (χ0) is 13.4. The van der Waals surface area contributed by atoms with Gasteiger partial charge in [0, 0.05) is 12.1 Å². The van der Waals surface area contributed by atoms with E-state index in [2.05, 4.69) is 10.2 Å². The molecule has 1 aliphatic carbocycles. The van der Waals surface area contributed by atoms with E-state index >= 15 is 0 Å². The number of nitro benzene ring substituents is 1. The van der Waals surface area contributed by atoms with Gasteiger partial charge in [0.1, 0.15) is 6.61 Å². The molecule has 2 aromatic rings. The summed E-state index contributed by atoms with van der Waals surface area (Å²) in [4.78, 5) is 10.6. The number of aliphatic hydroxyl groups is 1. The Kier molecular flexibility index (Phi) is 2.75. The molecule has 1 heterocycles. The molecule has 7 heteroatoms. The first-order valence-electron chi connectivity index (χ1n) is 6.01. The van der Waals surface area contributed by atoms with Crippen molar-refractivity contribution in [1.29, 1.82) is 0 Å². The van der Waals surface area contributed by atoms with Crippen molar-refractivity contribution in [2.45, 2.75) is 25.5 Å². The van der Waals surface area contributed by atoms with Crippen LogP contribution in [0.3, 0.4) is 0 Å². The molecule has 1 aromatic carbocycles. The van der Waals surface area contributed by atoms with Crippen LogP contribution in [0, 0.1) is 10.1 Å². The molecule has 0 aliphatic heterocycles. The van der Waals surface area contributed by atoms with Gasteiger partial charge in [0.15, 0.2) is 11.6 Å². The highest BCUT2D eigenvalue weighted by Crippen LogP contribution is 2.40. The van der Waals surface area contributed by atoms with Gasteiger partial charge in [-0.15, -0.1) is 10.2 Å². The molecule has 0 amide bonds. The highest BCUT2D eigenvalue weighted by atomic mass is 16.6. The second-order valence-corrected chi connectivity index (χ2v) is 4.47. The standard InChI is InChI=1S/C12H12N4O3/c17-7-11-13-14-12(15(11)8-5-6-8)9-3-1-2-4-10(9)16(18)19/h1-4,8,17H,5-7H2. The Balaban J connectivity index is 2.17. The lowest BCUT2D eigenvalue weighted by atomic mass is 10.1. The summed E-state index contributed by atoms with van der Waals surface area (Å²) >= 11 is 0. The van der Waals surface area contributed by atoms with Crippen LogP contribution in [0.1, 0.15) is 24.7 Å². The second-order valence-electron chi connectivity index (χ2n) is 4.47. The zero-order valence-corrected chi connectivity index (χ0v) is 10.1. The molecule has 0 bridgehead atoms. The predicted molar refractivity (Wildman–Crippen MR) is 66.3 cm³/mol. The Morgan fingerprint density at radius 2 is 2.11 bits per heavy atom. The molecule has 1 fully saturated rings. The summed E-state index contributed by atoms with van der Waals surface area (Å²) in [5, 5.41) is 28.3. The van der Waals surface area contributed by atoms with Gasteiger partial charge in [0.25, 0.3) is 5.69 Å². The Hall–Kier alpha value is -2.28. The van der Waals surface area contributed by atoms with Crippen molar-refractivity contribution in [3.8, 4) is 11.4 Å². The topological polar surface area (TPSA) is 94.1 Å². The fraction of sp³-hybridized carbons (Fsp3) is 0.333. The predicted octanol–water partition coefficient (Wildman–Crippen LogP) is 1.68. The lowest BCUT2D eigenvalue weighted by molar-refractivity contribution is -0.384. The van der Waals surface area contributed by atoms with Gasteiger partial charge in [-0.2, -0.15) is 0 Å². The molecular weight excluding hydrogens is 248 g/mol. The molecule has 0 saturated heterocycles. The molecule has 98 valence electrons. The Bertz CT molecular complexity index is 634. The van der Waals surface area contributed by atoms with Crippen LogP contribution in [0.2, 0.25) is 0 Å². The number of benzene rings is 1. The van der Waals surface area contributed by atoms with Gasteiger partial charge in [-0.05, 0) is 18.9 Å². The minimum Gasteiger partial charge on any atom is -0.388 e. The fourth-order valence-electron chi connectivity index (χ4n) is 2.15. The van der Waals surface area contributed by atoms with Crippen molar-refractivity contribution in [2.24, 2.45) is 0 Å². The van der Waals surface area contributed by atoms with Gasteiger partial charge in [-0.1, -0.05) is 12.1 Å². The molecule has 1 saturated carbocycles. The first-order chi connectivity index (χ1) is 9.22. The molecular formula is C12H12N4O3. The third kappa shape index (κ3) is 1.97. The Morgan fingerprint density at radius 1 is 1.37 bits per heavy atom. The van der Waals surface area contributed by atoms with Gasteiger partial charge in [0.05, 0.1) is 10.5 Å². The number of rotatable bonds is 4. The monoisotopic (exact) mass is 260 g/mol. The van der Waals surface area contributed by atoms with E-state index in [0.717, 1.165) is 12.8 Å². The molecule has 0 spiro atoms. The summed E-state index contributed by atoms with van der Waals surface area (Å²) in [5.74, 6) is 0.912. The first kappa shape index (κ1) is 11.8. The first-order valence-corrected chi connectivity index (χ1v) is 6.01. The van der Waals surface area contributed by atoms with Crippen molar-refractivity contribution in [3.05, 3.63) is 40.2 Å². The fourth-order valence-corrected chi connectivity index (χ4v) is 2.15. The molecule has 0 atom stereocenters. The SMILES string of the molecule is O=[N+]([O-])c1ccccc1-c1nnc(CO)n1C1CC1. The Morgan fingerprint density at radius 3 is 2.74 bits per heavy atom. The molecule has 0 unspecified atom stereocenters. The van der Waals surface area contributed by atoms with Crippen LogP contribution in [0.5, 0.6) is 0 Å². The second kappa shape index (κ2) is 4.43. The molecule has 0 radical (unpaired) electrons. The number of nitrogens with zero attached hydrogens (tertiary/aromatic N) is 4. The maximum Gasteiger partial charge on any atom is 0.280 e. The summed E-state index contributed by atoms with van der Waals surface area (Å²) in [6.07, 6.45) is 1.97. The average Bonchev–Trinajstić information content (AvgIpc) is 3.17. The van der Waals surface area contributed by atoms with Gasteiger partial charge in [0.2, 0.25) is 0 Å². The summed E-state index contributed by atoms with van der Waals surface area (Å²) in [6, 6.07) is 6.69. The van der Waals surface area contributed by atoms with E-state index in [9.17, 15) is 15.2 Å². The number of para-hydroxylation sites is 1. The number of hydrogen-bond acceptors (Lipinski definition) is 5. The van der Waals surface area contributed by atoms with Crippen LogP contribution < -0.4 is 0 Å². The normalized spacial score (nSPS) is 14.6. The van der Waals surface area contributed by atoms with Crippen molar-refractivity contribution in [1.82, 2.24) is 14.8 Å². The number of aliphatic hydroxyl groups excluding tert-OH is 1. The minimum absolute atomic E-state index is 0.00119. The van der Waals surface area contributed by atoms with Crippen molar-refractivity contribution in [3.63, 3.8) is 0 Å². The molecule has 7 nitrogen and oxygen atoms in total.